The van der Waals surface area contributed by atoms with E-state index in [4.69, 9.17) is 5.11 Å². The molecule has 0 radical (unpaired) electrons. The van der Waals surface area contributed by atoms with Gasteiger partial charge in [-0.05, 0) is 38.5 Å². The van der Waals surface area contributed by atoms with Crippen LogP contribution in [0.5, 0.6) is 0 Å². The third-order valence-electron chi connectivity index (χ3n) is 4.73. The lowest BCUT2D eigenvalue weighted by molar-refractivity contribution is -0.140. The van der Waals surface area contributed by atoms with Crippen LogP contribution in [0, 0.1) is 5.92 Å². The highest BCUT2D eigenvalue weighted by molar-refractivity contribution is 7.89. The molecular weight excluding hydrogens is 334 g/mol. The number of sulfonamides is 1. The topological polar surface area (TPSA) is 107 Å². The number of aliphatic carboxylic acids is 1. The van der Waals surface area contributed by atoms with Gasteiger partial charge in [0.1, 0.15) is 0 Å². The molecule has 2 rings (SSSR count). The second-order valence-electron chi connectivity index (χ2n) is 6.81. The molecule has 2 fully saturated rings. The van der Waals surface area contributed by atoms with E-state index in [1.165, 1.54) is 26.8 Å². The highest BCUT2D eigenvalue weighted by atomic mass is 32.2. The molecule has 9 heteroatoms. The predicted octanol–water partition coefficient (Wildman–Crippen LogP) is -0.288. The van der Waals surface area contributed by atoms with Crippen molar-refractivity contribution < 1.29 is 23.1 Å². The lowest BCUT2D eigenvalue weighted by Gasteiger charge is -2.42. The van der Waals surface area contributed by atoms with E-state index in [-0.39, 0.29) is 36.8 Å². The number of carboxylic acid groups (broad SMARTS) is 1. The Kier molecular flexibility index (Phi) is 6.22. The van der Waals surface area contributed by atoms with Gasteiger partial charge in [0.25, 0.3) is 0 Å². The fourth-order valence-corrected chi connectivity index (χ4v) is 3.70. The van der Waals surface area contributed by atoms with Crippen molar-refractivity contribution in [3.05, 3.63) is 0 Å². The molecule has 0 aromatic carbocycles. The van der Waals surface area contributed by atoms with Crippen molar-refractivity contribution in [2.75, 3.05) is 32.4 Å². The summed E-state index contributed by atoms with van der Waals surface area (Å²) in [6.07, 6.45) is 3.77. The fourth-order valence-electron chi connectivity index (χ4n) is 2.95. The summed E-state index contributed by atoms with van der Waals surface area (Å²) in [5.41, 5.74) is 0. The molecule has 0 aromatic heterocycles. The van der Waals surface area contributed by atoms with Crippen LogP contribution in [0.15, 0.2) is 0 Å². The van der Waals surface area contributed by atoms with Gasteiger partial charge >= 0.3 is 5.97 Å². The number of likely N-dealkylation sites (N-methyl/N-ethyl adjacent to an activating group) is 1. The Morgan fingerprint density at radius 3 is 2.33 bits per heavy atom. The van der Waals surface area contributed by atoms with E-state index in [1.807, 2.05) is 4.90 Å². The molecule has 1 amide bonds. The van der Waals surface area contributed by atoms with Gasteiger partial charge in [-0.25, -0.2) is 8.42 Å². The Morgan fingerprint density at radius 1 is 1.21 bits per heavy atom. The standard InChI is InChI=1S/C15H27N3O5S/c1-3-24(22,23)17(2)9-14(19)16-12-6-13(7-12)18(10-15(20)21)8-11-4-5-11/h11-13H,3-10H2,1-2H3,(H,16,19)(H,20,21). The predicted molar refractivity (Wildman–Crippen MR) is 89.0 cm³/mol. The average Bonchev–Trinajstić information content (AvgIpc) is 3.25. The van der Waals surface area contributed by atoms with Crippen molar-refractivity contribution in [3.8, 4) is 0 Å². The van der Waals surface area contributed by atoms with Gasteiger partial charge in [-0.3, -0.25) is 14.5 Å². The van der Waals surface area contributed by atoms with Crippen LogP contribution >= 0.6 is 0 Å². The van der Waals surface area contributed by atoms with E-state index in [0.29, 0.717) is 5.92 Å². The largest absolute Gasteiger partial charge is 0.480 e. The van der Waals surface area contributed by atoms with Gasteiger partial charge in [-0.2, -0.15) is 4.31 Å². The van der Waals surface area contributed by atoms with Crippen LogP contribution in [-0.4, -0.2) is 79.1 Å². The highest BCUT2D eigenvalue weighted by Crippen LogP contribution is 2.33. The minimum Gasteiger partial charge on any atom is -0.480 e. The highest BCUT2D eigenvalue weighted by Gasteiger charge is 2.37. The molecule has 0 heterocycles. The van der Waals surface area contributed by atoms with E-state index in [1.54, 1.807) is 0 Å². The Labute approximate surface area is 143 Å². The number of carbonyl (C=O) groups is 2. The zero-order chi connectivity index (χ0) is 17.9. The maximum atomic E-state index is 11.9. The Bertz CT molecular complexity index is 570. The third kappa shape index (κ3) is 5.42. The molecule has 0 atom stereocenters. The van der Waals surface area contributed by atoms with E-state index >= 15 is 0 Å². The van der Waals surface area contributed by atoms with E-state index < -0.39 is 16.0 Å². The quantitative estimate of drug-likeness (QED) is 0.554. The average molecular weight is 361 g/mol. The number of carbonyl (C=O) groups excluding carboxylic acids is 1. The number of hydrogen-bond acceptors (Lipinski definition) is 5. The second kappa shape index (κ2) is 7.79. The summed E-state index contributed by atoms with van der Waals surface area (Å²) in [5.74, 6) is -0.557. The van der Waals surface area contributed by atoms with Gasteiger partial charge in [0, 0.05) is 25.7 Å². The monoisotopic (exact) mass is 361 g/mol. The van der Waals surface area contributed by atoms with Crippen molar-refractivity contribution in [2.45, 2.75) is 44.7 Å². The summed E-state index contributed by atoms with van der Waals surface area (Å²) in [6, 6.07) is 0.180. The number of hydrogen-bond donors (Lipinski definition) is 2. The second-order valence-corrected chi connectivity index (χ2v) is 9.18. The van der Waals surface area contributed by atoms with Crippen LogP contribution in [-0.2, 0) is 19.6 Å². The van der Waals surface area contributed by atoms with Crippen LogP contribution in [0.1, 0.15) is 32.6 Å². The van der Waals surface area contributed by atoms with Crippen LogP contribution < -0.4 is 5.32 Å². The molecule has 0 bridgehead atoms. The summed E-state index contributed by atoms with van der Waals surface area (Å²) < 4.78 is 24.3. The smallest absolute Gasteiger partial charge is 0.317 e. The van der Waals surface area contributed by atoms with E-state index in [0.717, 1.165) is 23.7 Å². The summed E-state index contributed by atoms with van der Waals surface area (Å²) in [6.45, 7) is 2.21. The Morgan fingerprint density at radius 2 is 1.83 bits per heavy atom. The minimum atomic E-state index is -3.36. The van der Waals surface area contributed by atoms with Gasteiger partial charge in [0.05, 0.1) is 18.8 Å². The summed E-state index contributed by atoms with van der Waals surface area (Å²) in [5, 5.41) is 11.9. The first-order valence-electron chi connectivity index (χ1n) is 8.40. The van der Waals surface area contributed by atoms with Crippen LogP contribution in [0.2, 0.25) is 0 Å². The van der Waals surface area contributed by atoms with Crippen molar-refractivity contribution in [3.63, 3.8) is 0 Å². The van der Waals surface area contributed by atoms with E-state index in [9.17, 15) is 18.0 Å². The third-order valence-corrected chi connectivity index (χ3v) is 6.54. The molecule has 2 N–H and O–H groups in total. The number of nitrogens with zero attached hydrogens (tertiary/aromatic N) is 2. The molecule has 0 aliphatic heterocycles. The SMILES string of the molecule is CCS(=O)(=O)N(C)CC(=O)NC1CC(N(CC(=O)O)CC2CC2)C1. The molecule has 0 saturated heterocycles. The maximum absolute atomic E-state index is 11.9. The summed E-state index contributed by atoms with van der Waals surface area (Å²) in [7, 11) is -1.97. The first-order valence-corrected chi connectivity index (χ1v) is 10.0. The molecule has 24 heavy (non-hydrogen) atoms. The lowest BCUT2D eigenvalue weighted by Crippen LogP contribution is -2.56. The number of amides is 1. The molecule has 2 saturated carbocycles. The van der Waals surface area contributed by atoms with Gasteiger partial charge in [0.2, 0.25) is 15.9 Å². The lowest BCUT2D eigenvalue weighted by atomic mass is 9.85. The summed E-state index contributed by atoms with van der Waals surface area (Å²) >= 11 is 0. The van der Waals surface area contributed by atoms with Gasteiger partial charge in [-0.1, -0.05) is 0 Å². The van der Waals surface area contributed by atoms with E-state index in [2.05, 4.69) is 5.32 Å². The van der Waals surface area contributed by atoms with Crippen LogP contribution in [0.4, 0.5) is 0 Å². The Hall–Kier alpha value is -1.19. The number of nitrogens with one attached hydrogen (secondary N) is 1. The number of carboxylic acids is 1. The van der Waals surface area contributed by atoms with Gasteiger partial charge in [-0.15, -0.1) is 0 Å². The molecule has 138 valence electrons. The van der Waals surface area contributed by atoms with Gasteiger partial charge < -0.3 is 10.4 Å². The first-order chi connectivity index (χ1) is 11.2. The minimum absolute atomic E-state index is 0.00396. The van der Waals surface area contributed by atoms with Crippen LogP contribution in [0.25, 0.3) is 0 Å². The zero-order valence-corrected chi connectivity index (χ0v) is 15.1. The molecule has 0 spiro atoms. The summed E-state index contributed by atoms with van der Waals surface area (Å²) in [4.78, 5) is 24.9. The molecule has 2 aliphatic carbocycles. The van der Waals surface area contributed by atoms with Crippen molar-refractivity contribution >= 4 is 21.9 Å². The van der Waals surface area contributed by atoms with Crippen LogP contribution in [0.3, 0.4) is 0 Å². The van der Waals surface area contributed by atoms with Crippen molar-refractivity contribution in [1.29, 1.82) is 0 Å². The molecule has 2 aliphatic rings. The number of rotatable bonds is 10. The molecular formula is C15H27N3O5S. The van der Waals surface area contributed by atoms with Gasteiger partial charge in [0.15, 0.2) is 0 Å². The normalized spacial score (nSPS) is 24.0. The zero-order valence-electron chi connectivity index (χ0n) is 14.3. The molecule has 0 aromatic rings. The Balaban J connectivity index is 1.74. The fraction of sp³-hybridized carbons (Fsp3) is 0.867. The maximum Gasteiger partial charge on any atom is 0.317 e. The molecule has 8 nitrogen and oxygen atoms in total. The first kappa shape index (κ1) is 19.1. The van der Waals surface area contributed by atoms with Crippen molar-refractivity contribution in [2.24, 2.45) is 5.92 Å². The molecule has 0 unspecified atom stereocenters. The van der Waals surface area contributed by atoms with Crippen molar-refractivity contribution in [1.82, 2.24) is 14.5 Å².